The Labute approximate surface area is 214 Å². The highest BCUT2D eigenvalue weighted by atomic mass is 19.2. The van der Waals surface area contributed by atoms with E-state index >= 15 is 0 Å². The molecule has 0 heterocycles. The molecule has 4 rings (SSSR count). The van der Waals surface area contributed by atoms with Crippen LogP contribution in [0.2, 0.25) is 0 Å². The summed E-state index contributed by atoms with van der Waals surface area (Å²) in [4.78, 5) is 12.2. The van der Waals surface area contributed by atoms with E-state index in [2.05, 4.69) is 11.7 Å². The molecule has 2 aliphatic rings. The van der Waals surface area contributed by atoms with E-state index in [4.69, 9.17) is 4.74 Å². The zero-order valence-electron chi connectivity index (χ0n) is 21.0. The van der Waals surface area contributed by atoms with Crippen molar-refractivity contribution in [1.82, 2.24) is 0 Å². The second-order valence-corrected chi connectivity index (χ2v) is 10.5. The van der Waals surface area contributed by atoms with Crippen molar-refractivity contribution in [1.29, 1.82) is 0 Å². The van der Waals surface area contributed by atoms with Crippen LogP contribution in [0, 0.1) is 52.8 Å². The van der Waals surface area contributed by atoms with Gasteiger partial charge in [0, 0.05) is 24.3 Å². The van der Waals surface area contributed by atoms with Crippen LogP contribution in [0.3, 0.4) is 0 Å². The second-order valence-electron chi connectivity index (χ2n) is 10.5. The minimum atomic E-state index is -1.75. The van der Waals surface area contributed by atoms with Gasteiger partial charge in [0.05, 0.1) is 6.61 Å². The molecule has 2 fully saturated rings. The molecule has 0 spiro atoms. The maximum Gasteiger partial charge on any atom is 0.349 e. The highest BCUT2D eigenvalue weighted by molar-refractivity contribution is 5.91. The van der Waals surface area contributed by atoms with Gasteiger partial charge in [0.25, 0.3) is 0 Å². The molecule has 2 aromatic rings. The Hall–Kier alpha value is -2.64. The van der Waals surface area contributed by atoms with Gasteiger partial charge in [-0.15, -0.1) is 0 Å². The van der Waals surface area contributed by atoms with E-state index in [-0.39, 0.29) is 5.75 Å². The molecule has 0 atom stereocenters. The fourth-order valence-corrected chi connectivity index (χ4v) is 5.97. The van der Waals surface area contributed by atoms with Gasteiger partial charge in [0.1, 0.15) is 28.7 Å². The van der Waals surface area contributed by atoms with E-state index in [1.807, 2.05) is 0 Å². The first-order valence-corrected chi connectivity index (χ1v) is 13.2. The van der Waals surface area contributed by atoms with Crippen LogP contribution in [0.15, 0.2) is 24.3 Å². The first-order chi connectivity index (χ1) is 17.7. The molecule has 0 aliphatic heterocycles. The summed E-state index contributed by atoms with van der Waals surface area (Å²) >= 11 is 0. The smallest absolute Gasteiger partial charge is 0.349 e. The summed E-state index contributed by atoms with van der Waals surface area (Å²) in [5.74, 6) is -6.92. The highest BCUT2D eigenvalue weighted by Gasteiger charge is 2.31. The second kappa shape index (κ2) is 12.3. The summed E-state index contributed by atoms with van der Waals surface area (Å²) in [6, 6.07) is 2.59. The summed E-state index contributed by atoms with van der Waals surface area (Å²) in [6.07, 6.45) is 12.3. The van der Waals surface area contributed by atoms with Gasteiger partial charge in [-0.2, -0.15) is 0 Å². The predicted octanol–water partition coefficient (Wildman–Crippen LogP) is 8.39. The van der Waals surface area contributed by atoms with Crippen LogP contribution in [0.5, 0.6) is 11.5 Å². The fourth-order valence-electron chi connectivity index (χ4n) is 5.97. The Balaban J connectivity index is 1.28. The predicted molar refractivity (Wildman–Crippen MR) is 129 cm³/mol. The molecule has 3 nitrogen and oxygen atoms in total. The van der Waals surface area contributed by atoms with Crippen molar-refractivity contribution < 1.29 is 36.2 Å². The lowest BCUT2D eigenvalue weighted by Crippen LogP contribution is -2.27. The Morgan fingerprint density at radius 1 is 0.730 bits per heavy atom. The van der Waals surface area contributed by atoms with Gasteiger partial charge in [-0.05, 0) is 62.2 Å². The summed E-state index contributed by atoms with van der Waals surface area (Å²) in [7, 11) is 0. The lowest BCUT2D eigenvalue weighted by Gasteiger charge is -2.37. The lowest BCUT2D eigenvalue weighted by atomic mass is 9.69. The van der Waals surface area contributed by atoms with Gasteiger partial charge in [0.2, 0.25) is 0 Å². The molecular formula is C29H33F5O3. The van der Waals surface area contributed by atoms with Crippen molar-refractivity contribution >= 4 is 5.97 Å². The minimum Gasteiger partial charge on any atom is -0.493 e. The lowest BCUT2D eigenvalue weighted by molar-refractivity contribution is 0.0723. The molecule has 0 bridgehead atoms. The molecule has 2 aliphatic carbocycles. The van der Waals surface area contributed by atoms with E-state index in [1.165, 1.54) is 38.5 Å². The summed E-state index contributed by atoms with van der Waals surface area (Å²) < 4.78 is 79.1. The van der Waals surface area contributed by atoms with Crippen LogP contribution in [0.4, 0.5) is 22.0 Å². The Morgan fingerprint density at radius 3 is 1.73 bits per heavy atom. The summed E-state index contributed by atoms with van der Waals surface area (Å²) in [6.45, 7) is 2.58. The molecule has 0 radical (unpaired) electrons. The molecule has 0 N–H and O–H groups in total. The summed E-state index contributed by atoms with van der Waals surface area (Å²) in [5.41, 5.74) is -1.04. The standard InChI is InChI=1S/C29H33F5O3/c1-2-3-17-4-8-19(9-5-17)20-10-6-18(7-11-20)16-36-21-12-23(30)27(24(31)13-21)29(35)37-22-14-25(32)28(34)26(33)15-22/h12-15,17-20H,2-11,16H2,1H3. The Kier molecular flexibility index (Phi) is 9.08. The average molecular weight is 525 g/mol. The molecule has 2 saturated carbocycles. The molecule has 0 aromatic heterocycles. The van der Waals surface area contributed by atoms with Crippen LogP contribution in [0.25, 0.3) is 0 Å². The first kappa shape index (κ1) is 27.4. The maximum atomic E-state index is 14.6. The molecular weight excluding hydrogens is 491 g/mol. The molecule has 8 heteroatoms. The van der Waals surface area contributed by atoms with E-state index < -0.39 is 46.4 Å². The number of benzene rings is 2. The van der Waals surface area contributed by atoms with Crippen molar-refractivity contribution in [3.8, 4) is 11.5 Å². The number of hydrogen-bond acceptors (Lipinski definition) is 3. The average Bonchev–Trinajstić information content (AvgIpc) is 2.86. The van der Waals surface area contributed by atoms with Gasteiger partial charge < -0.3 is 9.47 Å². The van der Waals surface area contributed by atoms with Gasteiger partial charge >= 0.3 is 5.97 Å². The molecule has 0 unspecified atom stereocenters. The maximum absolute atomic E-state index is 14.6. The van der Waals surface area contributed by atoms with Crippen molar-refractivity contribution in [2.45, 2.75) is 71.1 Å². The monoisotopic (exact) mass is 524 g/mol. The van der Waals surface area contributed by atoms with Gasteiger partial charge in [-0.1, -0.05) is 32.6 Å². The first-order valence-electron chi connectivity index (χ1n) is 13.2. The Bertz CT molecular complexity index is 1040. The van der Waals surface area contributed by atoms with Crippen molar-refractivity contribution in [2.75, 3.05) is 6.61 Å². The Morgan fingerprint density at radius 2 is 1.22 bits per heavy atom. The molecule has 0 amide bonds. The minimum absolute atomic E-state index is 0.0539. The number of rotatable bonds is 8. The quantitative estimate of drug-likeness (QED) is 0.151. The van der Waals surface area contributed by atoms with Crippen LogP contribution in [0.1, 0.15) is 81.5 Å². The van der Waals surface area contributed by atoms with E-state index in [1.54, 1.807) is 0 Å². The van der Waals surface area contributed by atoms with Gasteiger partial charge in [-0.25, -0.2) is 26.7 Å². The van der Waals surface area contributed by atoms with Crippen molar-refractivity contribution in [3.05, 3.63) is 58.9 Å². The van der Waals surface area contributed by atoms with Crippen LogP contribution < -0.4 is 9.47 Å². The number of hydrogen-bond donors (Lipinski definition) is 0. The van der Waals surface area contributed by atoms with E-state index in [0.717, 1.165) is 55.6 Å². The SMILES string of the molecule is CCCC1CCC(C2CCC(COc3cc(F)c(C(=O)Oc4cc(F)c(F)c(F)c4)c(F)c3)CC2)CC1. The normalized spacial score (nSPS) is 24.1. The van der Waals surface area contributed by atoms with Crippen LogP contribution in [-0.2, 0) is 0 Å². The molecule has 37 heavy (non-hydrogen) atoms. The van der Waals surface area contributed by atoms with E-state index in [9.17, 15) is 26.7 Å². The highest BCUT2D eigenvalue weighted by Crippen LogP contribution is 2.42. The van der Waals surface area contributed by atoms with Gasteiger partial charge in [-0.3, -0.25) is 0 Å². The van der Waals surface area contributed by atoms with Gasteiger partial charge in [0.15, 0.2) is 17.5 Å². The van der Waals surface area contributed by atoms with E-state index in [0.29, 0.717) is 24.7 Å². The topological polar surface area (TPSA) is 35.5 Å². The van der Waals surface area contributed by atoms with Crippen molar-refractivity contribution in [3.63, 3.8) is 0 Å². The van der Waals surface area contributed by atoms with Crippen LogP contribution in [-0.4, -0.2) is 12.6 Å². The molecule has 202 valence electrons. The summed E-state index contributed by atoms with van der Waals surface area (Å²) in [5, 5.41) is 0. The number of carbonyl (C=O) groups excluding carboxylic acids is 1. The van der Waals surface area contributed by atoms with Crippen LogP contribution >= 0.6 is 0 Å². The number of ether oxygens (including phenoxy) is 2. The number of halogens is 5. The van der Waals surface area contributed by atoms with Crippen molar-refractivity contribution in [2.24, 2.45) is 23.7 Å². The largest absolute Gasteiger partial charge is 0.493 e. The number of carbonyl (C=O) groups is 1. The molecule has 0 saturated heterocycles. The zero-order chi connectivity index (χ0) is 26.5. The number of esters is 1. The fraction of sp³-hybridized carbons (Fsp3) is 0.552. The zero-order valence-corrected chi connectivity index (χ0v) is 21.0. The third-order valence-electron chi connectivity index (χ3n) is 8.02. The third-order valence-corrected chi connectivity index (χ3v) is 8.02. The molecule has 2 aromatic carbocycles. The third kappa shape index (κ3) is 6.82.